The van der Waals surface area contributed by atoms with Crippen molar-refractivity contribution in [2.45, 2.75) is 18.9 Å². The standard InChI is InChI=1S/C10H10N2O4/c13-10(14)6-1-4-9(12(15)16)8(5-6)11-7-2-3-7/h1,4-5,7,11H,2-3H2,(H,13,14). The number of nitro benzene ring substituents is 1. The third kappa shape index (κ3) is 2.10. The lowest BCUT2D eigenvalue weighted by molar-refractivity contribution is -0.384. The number of nitrogens with one attached hydrogen (secondary N) is 1. The van der Waals surface area contributed by atoms with Crippen molar-refractivity contribution in [2.24, 2.45) is 0 Å². The summed E-state index contributed by atoms with van der Waals surface area (Å²) < 4.78 is 0. The minimum atomic E-state index is -1.09. The molecule has 1 saturated carbocycles. The molecule has 0 saturated heterocycles. The first-order valence-corrected chi connectivity index (χ1v) is 4.86. The molecule has 2 N–H and O–H groups in total. The van der Waals surface area contributed by atoms with Crippen LogP contribution in [0.15, 0.2) is 18.2 Å². The Morgan fingerprint density at radius 3 is 2.69 bits per heavy atom. The Labute approximate surface area is 91.0 Å². The molecule has 1 aliphatic rings. The molecule has 2 rings (SSSR count). The molecule has 0 aromatic heterocycles. The molecule has 1 aliphatic carbocycles. The summed E-state index contributed by atoms with van der Waals surface area (Å²) >= 11 is 0. The summed E-state index contributed by atoms with van der Waals surface area (Å²) in [6, 6.07) is 3.99. The van der Waals surface area contributed by atoms with Crippen molar-refractivity contribution in [3.8, 4) is 0 Å². The second-order valence-electron chi connectivity index (χ2n) is 3.71. The number of carbonyl (C=O) groups is 1. The average Bonchev–Trinajstić information content (AvgIpc) is 3.01. The zero-order valence-electron chi connectivity index (χ0n) is 8.34. The van der Waals surface area contributed by atoms with Crippen LogP contribution in [0.5, 0.6) is 0 Å². The van der Waals surface area contributed by atoms with Crippen LogP contribution in [-0.2, 0) is 0 Å². The molecule has 6 heteroatoms. The first-order chi connectivity index (χ1) is 7.58. The number of aromatic carboxylic acids is 1. The van der Waals surface area contributed by atoms with Gasteiger partial charge in [0, 0.05) is 12.1 Å². The minimum absolute atomic E-state index is 0.0498. The topological polar surface area (TPSA) is 92.5 Å². The number of rotatable bonds is 4. The second kappa shape index (κ2) is 3.80. The van der Waals surface area contributed by atoms with Crippen LogP contribution < -0.4 is 5.32 Å². The Balaban J connectivity index is 2.37. The van der Waals surface area contributed by atoms with Crippen LogP contribution in [0, 0.1) is 10.1 Å². The quantitative estimate of drug-likeness (QED) is 0.599. The first-order valence-electron chi connectivity index (χ1n) is 4.86. The number of hydrogen-bond acceptors (Lipinski definition) is 4. The molecule has 0 spiro atoms. The van der Waals surface area contributed by atoms with Crippen molar-refractivity contribution in [3.63, 3.8) is 0 Å². The summed E-state index contributed by atoms with van der Waals surface area (Å²) in [6.07, 6.45) is 1.93. The fourth-order valence-corrected chi connectivity index (χ4v) is 1.39. The van der Waals surface area contributed by atoms with E-state index < -0.39 is 10.9 Å². The summed E-state index contributed by atoms with van der Waals surface area (Å²) in [7, 11) is 0. The van der Waals surface area contributed by atoms with Crippen molar-refractivity contribution in [3.05, 3.63) is 33.9 Å². The Morgan fingerprint density at radius 2 is 2.19 bits per heavy atom. The van der Waals surface area contributed by atoms with Crippen LogP contribution in [0.25, 0.3) is 0 Å². The summed E-state index contributed by atoms with van der Waals surface area (Å²) in [6.45, 7) is 0. The molecule has 0 unspecified atom stereocenters. The predicted octanol–water partition coefficient (Wildman–Crippen LogP) is 1.87. The van der Waals surface area contributed by atoms with E-state index in [0.717, 1.165) is 12.8 Å². The normalized spacial score (nSPS) is 14.5. The fraction of sp³-hybridized carbons (Fsp3) is 0.300. The molecule has 1 fully saturated rings. The van der Waals surface area contributed by atoms with E-state index in [1.807, 2.05) is 0 Å². The molecule has 0 radical (unpaired) electrons. The van der Waals surface area contributed by atoms with Crippen LogP contribution in [0.4, 0.5) is 11.4 Å². The highest BCUT2D eigenvalue weighted by Crippen LogP contribution is 2.31. The van der Waals surface area contributed by atoms with Gasteiger partial charge in [-0.05, 0) is 25.0 Å². The Hall–Kier alpha value is -2.11. The molecular formula is C10H10N2O4. The third-order valence-electron chi connectivity index (χ3n) is 2.38. The average molecular weight is 222 g/mol. The number of anilines is 1. The number of hydrogen-bond donors (Lipinski definition) is 2. The fourth-order valence-electron chi connectivity index (χ4n) is 1.39. The predicted molar refractivity (Wildman–Crippen MR) is 56.7 cm³/mol. The molecular weight excluding hydrogens is 212 g/mol. The number of carboxylic acid groups (broad SMARTS) is 1. The molecule has 0 bridgehead atoms. The Kier molecular flexibility index (Phi) is 2.47. The largest absolute Gasteiger partial charge is 0.478 e. The highest BCUT2D eigenvalue weighted by molar-refractivity contribution is 5.90. The Morgan fingerprint density at radius 1 is 1.50 bits per heavy atom. The zero-order chi connectivity index (χ0) is 11.7. The maximum atomic E-state index is 10.7. The molecule has 84 valence electrons. The van der Waals surface area contributed by atoms with Gasteiger partial charge in [0.1, 0.15) is 5.69 Å². The molecule has 1 aromatic rings. The van der Waals surface area contributed by atoms with Crippen LogP contribution in [0.3, 0.4) is 0 Å². The van der Waals surface area contributed by atoms with Gasteiger partial charge in [-0.25, -0.2) is 4.79 Å². The lowest BCUT2D eigenvalue weighted by Crippen LogP contribution is -2.06. The maximum Gasteiger partial charge on any atom is 0.335 e. The van der Waals surface area contributed by atoms with E-state index in [1.165, 1.54) is 18.2 Å². The number of benzene rings is 1. The van der Waals surface area contributed by atoms with E-state index in [0.29, 0.717) is 0 Å². The molecule has 0 aliphatic heterocycles. The van der Waals surface area contributed by atoms with Crippen molar-refractivity contribution in [2.75, 3.05) is 5.32 Å². The van der Waals surface area contributed by atoms with Crippen LogP contribution in [-0.4, -0.2) is 22.0 Å². The van der Waals surface area contributed by atoms with Crippen LogP contribution in [0.2, 0.25) is 0 Å². The number of carboxylic acids is 1. The van der Waals surface area contributed by atoms with Crippen molar-refractivity contribution in [1.82, 2.24) is 0 Å². The van der Waals surface area contributed by atoms with Gasteiger partial charge in [0.05, 0.1) is 10.5 Å². The molecule has 0 atom stereocenters. The summed E-state index contributed by atoms with van der Waals surface area (Å²) in [5.41, 5.74) is 0.248. The molecule has 1 aromatic carbocycles. The Bertz CT molecular complexity index is 454. The SMILES string of the molecule is O=C(O)c1ccc([N+](=O)[O-])c(NC2CC2)c1. The number of nitro groups is 1. The van der Waals surface area contributed by atoms with Gasteiger partial charge in [-0.15, -0.1) is 0 Å². The zero-order valence-corrected chi connectivity index (χ0v) is 8.34. The smallest absolute Gasteiger partial charge is 0.335 e. The first kappa shape index (κ1) is 10.4. The minimum Gasteiger partial charge on any atom is -0.478 e. The molecule has 0 heterocycles. The maximum absolute atomic E-state index is 10.7. The van der Waals surface area contributed by atoms with Gasteiger partial charge in [-0.1, -0.05) is 0 Å². The van der Waals surface area contributed by atoms with Crippen LogP contribution >= 0.6 is 0 Å². The van der Waals surface area contributed by atoms with Crippen molar-refractivity contribution in [1.29, 1.82) is 0 Å². The van der Waals surface area contributed by atoms with E-state index in [2.05, 4.69) is 5.32 Å². The van der Waals surface area contributed by atoms with Crippen LogP contribution in [0.1, 0.15) is 23.2 Å². The van der Waals surface area contributed by atoms with Gasteiger partial charge < -0.3 is 10.4 Å². The van der Waals surface area contributed by atoms with Gasteiger partial charge in [-0.2, -0.15) is 0 Å². The van der Waals surface area contributed by atoms with E-state index in [-0.39, 0.29) is 23.0 Å². The van der Waals surface area contributed by atoms with Gasteiger partial charge in [-0.3, -0.25) is 10.1 Å². The molecule has 16 heavy (non-hydrogen) atoms. The second-order valence-corrected chi connectivity index (χ2v) is 3.71. The summed E-state index contributed by atoms with van der Waals surface area (Å²) in [5, 5.41) is 22.5. The molecule has 0 amide bonds. The summed E-state index contributed by atoms with van der Waals surface area (Å²) in [5.74, 6) is -1.09. The van der Waals surface area contributed by atoms with Gasteiger partial charge >= 0.3 is 5.97 Å². The number of nitrogens with zero attached hydrogens (tertiary/aromatic N) is 1. The lowest BCUT2D eigenvalue weighted by atomic mass is 10.1. The monoisotopic (exact) mass is 222 g/mol. The van der Waals surface area contributed by atoms with Crippen molar-refractivity contribution >= 4 is 17.3 Å². The van der Waals surface area contributed by atoms with Crippen molar-refractivity contribution < 1.29 is 14.8 Å². The molecule has 6 nitrogen and oxygen atoms in total. The highest BCUT2D eigenvalue weighted by Gasteiger charge is 2.25. The van der Waals surface area contributed by atoms with Gasteiger partial charge in [0.25, 0.3) is 5.69 Å². The third-order valence-corrected chi connectivity index (χ3v) is 2.38. The van der Waals surface area contributed by atoms with Gasteiger partial charge in [0.2, 0.25) is 0 Å². The van der Waals surface area contributed by atoms with E-state index in [1.54, 1.807) is 0 Å². The highest BCUT2D eigenvalue weighted by atomic mass is 16.6. The van der Waals surface area contributed by atoms with Gasteiger partial charge in [0.15, 0.2) is 0 Å². The van der Waals surface area contributed by atoms with E-state index >= 15 is 0 Å². The summed E-state index contributed by atoms with van der Waals surface area (Å²) in [4.78, 5) is 20.9. The van der Waals surface area contributed by atoms with E-state index in [9.17, 15) is 14.9 Å². The lowest BCUT2D eigenvalue weighted by Gasteiger charge is -2.06. The van der Waals surface area contributed by atoms with E-state index in [4.69, 9.17) is 5.11 Å².